The van der Waals surface area contributed by atoms with Crippen LogP contribution in [-0.4, -0.2) is 80.9 Å². The van der Waals surface area contributed by atoms with E-state index in [4.69, 9.17) is 9.72 Å². The van der Waals surface area contributed by atoms with Gasteiger partial charge in [-0.1, -0.05) is 28.1 Å². The maximum absolute atomic E-state index is 12.6. The van der Waals surface area contributed by atoms with E-state index < -0.39 is 15.8 Å². The zero-order chi connectivity index (χ0) is 26.2. The van der Waals surface area contributed by atoms with Gasteiger partial charge in [-0.05, 0) is 56.3 Å². The van der Waals surface area contributed by atoms with Crippen molar-refractivity contribution in [3.63, 3.8) is 0 Å². The van der Waals surface area contributed by atoms with Crippen molar-refractivity contribution in [3.05, 3.63) is 58.1 Å². The van der Waals surface area contributed by atoms with Gasteiger partial charge in [-0.2, -0.15) is 0 Å². The standard InChI is InChI=1S/C27H30BrN3O5S.K/c1-37(34,35)21-5-6-24-22(16-21)25(27(32)33)23(26(29-24)18-3-2-4-19(28)15-18)17-30-9-7-20(8-10-30)31-11-13-36-14-12-31;/h2-6,15-16,20H,7-14,17H2,1H3,(H,32,33);/q;+1/p-1. The molecule has 11 heteroatoms. The first-order valence-electron chi connectivity index (χ1n) is 12.4. The molecule has 2 aromatic carbocycles. The van der Waals surface area contributed by atoms with Crippen LogP contribution in [0.3, 0.4) is 0 Å². The number of ether oxygens (including phenoxy) is 1. The largest absolute Gasteiger partial charge is 1.00 e. The summed E-state index contributed by atoms with van der Waals surface area (Å²) in [5, 5.41) is 12.9. The number of hydrogen-bond donors (Lipinski definition) is 0. The number of piperidine rings is 1. The second kappa shape index (κ2) is 12.8. The molecule has 3 aromatic rings. The van der Waals surface area contributed by atoms with Crippen molar-refractivity contribution < 1.29 is 74.4 Å². The number of aromatic nitrogens is 1. The normalized spacial score (nSPS) is 17.8. The maximum Gasteiger partial charge on any atom is 1.00 e. The molecule has 2 aliphatic rings. The van der Waals surface area contributed by atoms with E-state index in [1.54, 1.807) is 6.07 Å². The molecule has 5 rings (SSSR count). The fraction of sp³-hybridized carbons (Fsp3) is 0.407. The van der Waals surface area contributed by atoms with Gasteiger partial charge in [0.25, 0.3) is 0 Å². The Kier molecular flexibility index (Phi) is 10.2. The number of rotatable bonds is 6. The van der Waals surface area contributed by atoms with E-state index in [0.717, 1.165) is 68.5 Å². The number of fused-ring (bicyclic) bond motifs is 1. The Morgan fingerprint density at radius 2 is 1.82 bits per heavy atom. The van der Waals surface area contributed by atoms with Crippen LogP contribution in [-0.2, 0) is 21.1 Å². The van der Waals surface area contributed by atoms with Crippen LogP contribution in [0, 0.1) is 0 Å². The van der Waals surface area contributed by atoms with E-state index in [1.165, 1.54) is 12.1 Å². The average Bonchev–Trinajstić information content (AvgIpc) is 2.88. The zero-order valence-corrected chi connectivity index (χ0v) is 27.2. The molecule has 196 valence electrons. The third-order valence-corrected chi connectivity index (χ3v) is 8.89. The first-order valence-corrected chi connectivity index (χ1v) is 15.1. The SMILES string of the molecule is CS(=O)(=O)c1ccc2nc(-c3cccc(Br)c3)c(CN3CCC(N4CCOCC4)CC3)c(C(=O)[O-])c2c1.[K+]. The number of nitrogens with zero attached hydrogens (tertiary/aromatic N) is 3. The van der Waals surface area contributed by atoms with Crippen molar-refractivity contribution in [2.45, 2.75) is 30.3 Å². The van der Waals surface area contributed by atoms with Crippen LogP contribution in [0.25, 0.3) is 22.2 Å². The monoisotopic (exact) mass is 625 g/mol. The van der Waals surface area contributed by atoms with Gasteiger partial charge >= 0.3 is 51.4 Å². The second-order valence-corrected chi connectivity index (χ2v) is 12.6. The minimum Gasteiger partial charge on any atom is -0.545 e. The van der Waals surface area contributed by atoms with E-state index in [0.29, 0.717) is 29.4 Å². The minimum atomic E-state index is -3.53. The number of carbonyl (C=O) groups is 1. The van der Waals surface area contributed by atoms with Gasteiger partial charge < -0.3 is 14.6 Å². The molecule has 8 nitrogen and oxygen atoms in total. The van der Waals surface area contributed by atoms with Gasteiger partial charge in [0.05, 0.1) is 35.3 Å². The number of benzene rings is 2. The van der Waals surface area contributed by atoms with Crippen LogP contribution < -0.4 is 56.5 Å². The average molecular weight is 627 g/mol. The molecule has 0 spiro atoms. The summed E-state index contributed by atoms with van der Waals surface area (Å²) >= 11 is 3.51. The maximum atomic E-state index is 12.6. The topological polar surface area (TPSA) is 103 Å². The van der Waals surface area contributed by atoms with Crippen LogP contribution in [0.15, 0.2) is 51.8 Å². The molecule has 0 N–H and O–H groups in total. The summed E-state index contributed by atoms with van der Waals surface area (Å²) in [5.74, 6) is -1.34. The smallest absolute Gasteiger partial charge is 0.545 e. The number of pyridine rings is 1. The Morgan fingerprint density at radius 1 is 1.11 bits per heavy atom. The third kappa shape index (κ3) is 6.76. The van der Waals surface area contributed by atoms with Crippen LogP contribution in [0.2, 0.25) is 0 Å². The second-order valence-electron chi connectivity index (χ2n) is 9.72. The predicted molar refractivity (Wildman–Crippen MR) is 143 cm³/mol. The number of carboxylic acids is 1. The summed E-state index contributed by atoms with van der Waals surface area (Å²) in [6, 6.07) is 12.5. The van der Waals surface area contributed by atoms with Gasteiger partial charge in [-0.25, -0.2) is 13.4 Å². The van der Waals surface area contributed by atoms with Gasteiger partial charge in [0.15, 0.2) is 9.84 Å². The van der Waals surface area contributed by atoms with E-state index in [-0.39, 0.29) is 67.2 Å². The predicted octanol–water partition coefficient (Wildman–Crippen LogP) is -0.268. The Labute approximate surface area is 274 Å². The molecule has 0 saturated carbocycles. The molecular weight excluding hydrogens is 597 g/mol. The Hall–Kier alpha value is -0.734. The van der Waals surface area contributed by atoms with Gasteiger partial charge in [0, 0.05) is 58.5 Å². The molecule has 0 amide bonds. The molecule has 2 fully saturated rings. The van der Waals surface area contributed by atoms with Crippen molar-refractivity contribution in [2.24, 2.45) is 0 Å². The molecule has 1 aromatic heterocycles. The van der Waals surface area contributed by atoms with Crippen LogP contribution in [0.4, 0.5) is 0 Å². The number of carbonyl (C=O) groups excluding carboxylic acids is 1. The van der Waals surface area contributed by atoms with Crippen LogP contribution in [0.1, 0.15) is 28.8 Å². The number of likely N-dealkylation sites (tertiary alicyclic amines) is 1. The number of morpholine rings is 1. The first kappa shape index (κ1) is 30.2. The summed E-state index contributed by atoms with van der Waals surface area (Å²) in [7, 11) is -3.53. The molecule has 2 aliphatic heterocycles. The summed E-state index contributed by atoms with van der Waals surface area (Å²) < 4.78 is 30.8. The van der Waals surface area contributed by atoms with E-state index in [9.17, 15) is 18.3 Å². The summed E-state index contributed by atoms with van der Waals surface area (Å²) in [4.78, 5) is 22.3. The van der Waals surface area contributed by atoms with Crippen LogP contribution in [0.5, 0.6) is 0 Å². The van der Waals surface area contributed by atoms with Gasteiger partial charge in [-0.3, -0.25) is 9.80 Å². The quantitative estimate of drug-likeness (QED) is 0.345. The molecule has 0 unspecified atom stereocenters. The van der Waals surface area contributed by atoms with Gasteiger partial charge in [0.1, 0.15) is 0 Å². The Balaban J connectivity index is 0.00000336. The number of aromatic carboxylic acids is 1. The number of sulfone groups is 1. The van der Waals surface area contributed by atoms with Crippen molar-refractivity contribution >= 4 is 42.6 Å². The number of hydrogen-bond acceptors (Lipinski definition) is 8. The molecular formula is C27H29BrKN3O5S. The van der Waals surface area contributed by atoms with Crippen molar-refractivity contribution in [1.82, 2.24) is 14.8 Å². The Morgan fingerprint density at radius 3 is 2.45 bits per heavy atom. The molecule has 0 radical (unpaired) electrons. The number of halogens is 1. The molecule has 0 atom stereocenters. The van der Waals surface area contributed by atoms with Crippen molar-refractivity contribution in [2.75, 3.05) is 45.6 Å². The summed E-state index contributed by atoms with van der Waals surface area (Å²) in [6.45, 7) is 5.47. The van der Waals surface area contributed by atoms with Gasteiger partial charge in [0.2, 0.25) is 0 Å². The first-order chi connectivity index (χ1) is 17.7. The Bertz CT molecular complexity index is 1440. The van der Waals surface area contributed by atoms with Crippen molar-refractivity contribution in [1.29, 1.82) is 0 Å². The fourth-order valence-corrected chi connectivity index (χ4v) is 6.43. The van der Waals surface area contributed by atoms with E-state index in [1.807, 2.05) is 24.3 Å². The molecule has 2 saturated heterocycles. The fourth-order valence-electron chi connectivity index (χ4n) is 5.38. The molecule has 3 heterocycles. The van der Waals surface area contributed by atoms with Crippen LogP contribution >= 0.6 is 15.9 Å². The zero-order valence-electron chi connectivity index (χ0n) is 21.7. The van der Waals surface area contributed by atoms with E-state index >= 15 is 0 Å². The molecule has 0 aliphatic carbocycles. The molecule has 38 heavy (non-hydrogen) atoms. The molecule has 0 bridgehead atoms. The third-order valence-electron chi connectivity index (χ3n) is 7.29. The number of carboxylic acid groups (broad SMARTS) is 1. The summed E-state index contributed by atoms with van der Waals surface area (Å²) in [5.41, 5.74) is 2.30. The van der Waals surface area contributed by atoms with E-state index in [2.05, 4.69) is 25.7 Å². The summed E-state index contributed by atoms with van der Waals surface area (Å²) in [6.07, 6.45) is 3.09. The van der Waals surface area contributed by atoms with Crippen molar-refractivity contribution in [3.8, 4) is 11.3 Å². The van der Waals surface area contributed by atoms with Gasteiger partial charge in [-0.15, -0.1) is 0 Å². The minimum absolute atomic E-state index is 0.